The van der Waals surface area contributed by atoms with Crippen LogP contribution in [0.25, 0.3) is 0 Å². The zero-order chi connectivity index (χ0) is 11.2. The monoisotopic (exact) mass is 235 g/mol. The Labute approximate surface area is 103 Å². The molecule has 0 aliphatic heterocycles. The van der Waals surface area contributed by atoms with Crippen LogP contribution >= 0.6 is 11.8 Å². The number of rotatable bonds is 7. The Morgan fingerprint density at radius 2 is 1.94 bits per heavy atom. The summed E-state index contributed by atoms with van der Waals surface area (Å²) in [7, 11) is 0. The van der Waals surface area contributed by atoms with E-state index in [2.05, 4.69) is 36.5 Å². The third-order valence-electron chi connectivity index (χ3n) is 2.87. The Bertz CT molecular complexity index is 303. The lowest BCUT2D eigenvalue weighted by atomic mass is 10.2. The molecular weight excluding hydrogens is 214 g/mol. The SMILES string of the molecule is Cc1ccc(SCCCCNC2CC2)cc1. The van der Waals surface area contributed by atoms with E-state index in [1.165, 1.54) is 48.4 Å². The van der Waals surface area contributed by atoms with E-state index in [-0.39, 0.29) is 0 Å². The minimum Gasteiger partial charge on any atom is -0.314 e. The van der Waals surface area contributed by atoms with Gasteiger partial charge in [-0.05, 0) is 57.0 Å². The van der Waals surface area contributed by atoms with Crippen molar-refractivity contribution in [3.8, 4) is 0 Å². The first-order valence-corrected chi connectivity index (χ1v) is 7.26. The van der Waals surface area contributed by atoms with Crippen LogP contribution in [-0.2, 0) is 0 Å². The fraction of sp³-hybridized carbons (Fsp3) is 0.571. The van der Waals surface area contributed by atoms with Crippen molar-refractivity contribution < 1.29 is 0 Å². The number of hydrogen-bond acceptors (Lipinski definition) is 2. The lowest BCUT2D eigenvalue weighted by Gasteiger charge is -2.03. The van der Waals surface area contributed by atoms with Crippen molar-refractivity contribution in [2.45, 2.75) is 43.5 Å². The second-order valence-electron chi connectivity index (χ2n) is 4.60. The second-order valence-corrected chi connectivity index (χ2v) is 5.77. The fourth-order valence-corrected chi connectivity index (χ4v) is 2.56. The predicted octanol–water partition coefficient (Wildman–Crippen LogP) is 3.62. The first-order valence-electron chi connectivity index (χ1n) is 6.27. The Kier molecular flexibility index (Phi) is 4.73. The van der Waals surface area contributed by atoms with Gasteiger partial charge in [-0.3, -0.25) is 0 Å². The molecule has 1 N–H and O–H groups in total. The number of hydrogen-bond donors (Lipinski definition) is 1. The molecule has 0 bridgehead atoms. The van der Waals surface area contributed by atoms with Gasteiger partial charge in [0, 0.05) is 10.9 Å². The first-order chi connectivity index (χ1) is 7.84. The summed E-state index contributed by atoms with van der Waals surface area (Å²) in [4.78, 5) is 1.40. The molecule has 2 heteroatoms. The van der Waals surface area contributed by atoms with Crippen molar-refractivity contribution in [1.82, 2.24) is 5.32 Å². The van der Waals surface area contributed by atoms with Crippen LogP contribution in [-0.4, -0.2) is 18.3 Å². The standard InChI is InChI=1S/C14H21NS/c1-12-4-8-14(9-5-12)16-11-3-2-10-15-13-6-7-13/h4-5,8-9,13,15H,2-3,6-7,10-11H2,1H3. The van der Waals surface area contributed by atoms with Gasteiger partial charge < -0.3 is 5.32 Å². The third-order valence-corrected chi connectivity index (χ3v) is 3.97. The van der Waals surface area contributed by atoms with E-state index in [1.807, 2.05) is 11.8 Å². The normalized spacial score (nSPS) is 15.3. The van der Waals surface area contributed by atoms with Gasteiger partial charge in [0.1, 0.15) is 0 Å². The minimum absolute atomic E-state index is 0.866. The molecular formula is C14H21NS. The van der Waals surface area contributed by atoms with Crippen LogP contribution in [0.4, 0.5) is 0 Å². The topological polar surface area (TPSA) is 12.0 Å². The first kappa shape index (κ1) is 12.0. The molecule has 2 rings (SSSR count). The van der Waals surface area contributed by atoms with Crippen LogP contribution in [0.5, 0.6) is 0 Å². The summed E-state index contributed by atoms with van der Waals surface area (Å²) in [6.45, 7) is 3.34. The summed E-state index contributed by atoms with van der Waals surface area (Å²) in [6.07, 6.45) is 5.43. The number of nitrogens with one attached hydrogen (secondary N) is 1. The van der Waals surface area contributed by atoms with Crippen molar-refractivity contribution in [2.75, 3.05) is 12.3 Å². The number of thioether (sulfide) groups is 1. The lowest BCUT2D eigenvalue weighted by Crippen LogP contribution is -2.17. The Hall–Kier alpha value is -0.470. The zero-order valence-electron chi connectivity index (χ0n) is 10.0. The quantitative estimate of drug-likeness (QED) is 0.572. The molecule has 0 atom stereocenters. The smallest absolute Gasteiger partial charge is 0.00721 e. The summed E-state index contributed by atoms with van der Waals surface area (Å²) < 4.78 is 0. The molecule has 88 valence electrons. The molecule has 0 spiro atoms. The molecule has 0 aromatic heterocycles. The fourth-order valence-electron chi connectivity index (χ4n) is 1.65. The second kappa shape index (κ2) is 6.31. The van der Waals surface area contributed by atoms with Crippen molar-refractivity contribution in [1.29, 1.82) is 0 Å². The van der Waals surface area contributed by atoms with Gasteiger partial charge in [0.15, 0.2) is 0 Å². The van der Waals surface area contributed by atoms with Crippen LogP contribution in [0.1, 0.15) is 31.2 Å². The van der Waals surface area contributed by atoms with Gasteiger partial charge in [-0.15, -0.1) is 11.8 Å². The molecule has 1 aliphatic carbocycles. The highest BCUT2D eigenvalue weighted by Crippen LogP contribution is 2.20. The van der Waals surface area contributed by atoms with Crippen molar-refractivity contribution in [3.63, 3.8) is 0 Å². The van der Waals surface area contributed by atoms with E-state index in [9.17, 15) is 0 Å². The minimum atomic E-state index is 0.866. The summed E-state index contributed by atoms with van der Waals surface area (Å²) >= 11 is 1.98. The molecule has 1 aliphatic rings. The maximum absolute atomic E-state index is 3.55. The summed E-state index contributed by atoms with van der Waals surface area (Å²) in [5, 5.41) is 3.55. The molecule has 16 heavy (non-hydrogen) atoms. The highest BCUT2D eigenvalue weighted by Gasteiger charge is 2.19. The Balaban J connectivity index is 1.51. The van der Waals surface area contributed by atoms with Gasteiger partial charge in [-0.1, -0.05) is 17.7 Å². The van der Waals surface area contributed by atoms with Crippen LogP contribution in [0.15, 0.2) is 29.2 Å². The number of aryl methyl sites for hydroxylation is 1. The van der Waals surface area contributed by atoms with E-state index in [1.54, 1.807) is 0 Å². The van der Waals surface area contributed by atoms with E-state index in [4.69, 9.17) is 0 Å². The molecule has 0 unspecified atom stereocenters. The Morgan fingerprint density at radius 1 is 1.19 bits per heavy atom. The highest BCUT2D eigenvalue weighted by molar-refractivity contribution is 7.99. The van der Waals surface area contributed by atoms with Gasteiger partial charge in [-0.25, -0.2) is 0 Å². The van der Waals surface area contributed by atoms with Gasteiger partial charge in [-0.2, -0.15) is 0 Å². The molecule has 0 radical (unpaired) electrons. The summed E-state index contributed by atoms with van der Waals surface area (Å²) in [5.41, 5.74) is 1.35. The molecule has 1 saturated carbocycles. The van der Waals surface area contributed by atoms with Crippen molar-refractivity contribution in [2.24, 2.45) is 0 Å². The number of unbranched alkanes of at least 4 members (excludes halogenated alkanes) is 1. The van der Waals surface area contributed by atoms with E-state index >= 15 is 0 Å². The third kappa shape index (κ3) is 4.58. The molecule has 0 heterocycles. The number of benzene rings is 1. The van der Waals surface area contributed by atoms with Crippen LogP contribution in [0.3, 0.4) is 0 Å². The van der Waals surface area contributed by atoms with E-state index in [0.29, 0.717) is 0 Å². The zero-order valence-corrected chi connectivity index (χ0v) is 10.9. The average molecular weight is 235 g/mol. The predicted molar refractivity (Wildman–Crippen MR) is 72.2 cm³/mol. The Morgan fingerprint density at radius 3 is 2.62 bits per heavy atom. The molecule has 1 fully saturated rings. The van der Waals surface area contributed by atoms with Gasteiger partial charge in [0.05, 0.1) is 0 Å². The highest BCUT2D eigenvalue weighted by atomic mass is 32.2. The van der Waals surface area contributed by atoms with Crippen LogP contribution in [0.2, 0.25) is 0 Å². The van der Waals surface area contributed by atoms with Crippen LogP contribution in [0, 0.1) is 6.92 Å². The molecule has 0 amide bonds. The van der Waals surface area contributed by atoms with Crippen LogP contribution < -0.4 is 5.32 Å². The summed E-state index contributed by atoms with van der Waals surface area (Å²) in [5.74, 6) is 1.25. The van der Waals surface area contributed by atoms with Gasteiger partial charge in [0.25, 0.3) is 0 Å². The molecule has 0 saturated heterocycles. The summed E-state index contributed by atoms with van der Waals surface area (Å²) in [6, 6.07) is 9.70. The molecule has 1 nitrogen and oxygen atoms in total. The lowest BCUT2D eigenvalue weighted by molar-refractivity contribution is 0.640. The van der Waals surface area contributed by atoms with Crippen molar-refractivity contribution in [3.05, 3.63) is 29.8 Å². The van der Waals surface area contributed by atoms with Crippen molar-refractivity contribution >= 4 is 11.8 Å². The maximum Gasteiger partial charge on any atom is 0.00721 e. The van der Waals surface area contributed by atoms with Gasteiger partial charge in [0.2, 0.25) is 0 Å². The molecule has 1 aromatic rings. The van der Waals surface area contributed by atoms with E-state index < -0.39 is 0 Å². The average Bonchev–Trinajstić information content (AvgIpc) is 3.10. The molecule has 1 aromatic carbocycles. The van der Waals surface area contributed by atoms with E-state index in [0.717, 1.165) is 6.04 Å². The maximum atomic E-state index is 3.55. The largest absolute Gasteiger partial charge is 0.314 e. The van der Waals surface area contributed by atoms with Gasteiger partial charge >= 0.3 is 0 Å².